The summed E-state index contributed by atoms with van der Waals surface area (Å²) in [5, 5.41) is 13.9. The Bertz CT molecular complexity index is 2180. The molecule has 0 radical (unpaired) electrons. The number of H-pyrrole nitrogens is 1. The summed E-state index contributed by atoms with van der Waals surface area (Å²) in [6.07, 6.45) is 2.73. The molecular formula is C41H47FN6O8. The van der Waals surface area contributed by atoms with E-state index in [2.05, 4.69) is 31.6 Å². The number of hydrogen-bond donors (Lipinski definition) is 6. The number of oxazole rings is 1. The van der Waals surface area contributed by atoms with Gasteiger partial charge in [-0.1, -0.05) is 30.3 Å². The molecule has 6 N–H and O–H groups in total. The van der Waals surface area contributed by atoms with Crippen LogP contribution in [0.25, 0.3) is 22.2 Å². The van der Waals surface area contributed by atoms with Gasteiger partial charge in [-0.3, -0.25) is 24.2 Å². The van der Waals surface area contributed by atoms with Gasteiger partial charge in [-0.25, -0.2) is 14.0 Å². The highest BCUT2D eigenvalue weighted by atomic mass is 19.1. The number of carbonyl (C=O) groups excluding carboxylic acids is 5. The summed E-state index contributed by atoms with van der Waals surface area (Å²) in [6.45, 7) is 8.24. The lowest BCUT2D eigenvalue weighted by molar-refractivity contribution is -0.130. The molecule has 3 aromatic carbocycles. The molecule has 2 atom stereocenters. The zero-order valence-electron chi connectivity index (χ0n) is 31.8. The van der Waals surface area contributed by atoms with Crippen molar-refractivity contribution in [3.8, 4) is 11.1 Å². The smallest absolute Gasteiger partial charge is 0.417 e. The number of aryl methyl sites for hydroxylation is 1. The quantitative estimate of drug-likeness (QED) is 0.124. The van der Waals surface area contributed by atoms with Gasteiger partial charge < -0.3 is 35.7 Å². The van der Waals surface area contributed by atoms with Gasteiger partial charge in [0.25, 0.3) is 5.91 Å². The standard InChI is InChI=1S/C41H47FN6O8/c1-22-17-27(36(50)46-31-15-16-43-37(31)51)13-14-29(22)25-9-5-23(6-10-25)18-33(38(52)45-28-19-30(42)34-32(20-28)48-40(54)55-34)47-35(49)26-11-7-24(8-12-26)21-44-39(53)56-41(2,3)4/h5-6,9-10,13-14,17,19-20,24,26,31,33H,7-8,11-12,15-16,18,21H2,1-4H3,(H,43,51)(H,44,53)(H,45,52)(H,46,50)(H,47,49)(H,48,54)/t24?,26?,31?,33-/m0/s1. The molecular weight excluding hydrogens is 723 g/mol. The number of nitrogens with one attached hydrogen (secondary N) is 6. The van der Waals surface area contributed by atoms with Crippen LogP contribution in [0.1, 0.15) is 74.4 Å². The minimum atomic E-state index is -1.04. The van der Waals surface area contributed by atoms with E-state index in [1.54, 1.807) is 32.9 Å². The van der Waals surface area contributed by atoms with E-state index in [0.29, 0.717) is 50.8 Å². The first-order valence-corrected chi connectivity index (χ1v) is 18.8. The van der Waals surface area contributed by atoms with Crippen molar-refractivity contribution in [3.05, 3.63) is 87.7 Å². The second-order valence-electron chi connectivity index (χ2n) is 15.5. The number of anilines is 1. The molecule has 1 aliphatic carbocycles. The zero-order valence-corrected chi connectivity index (χ0v) is 31.8. The Morgan fingerprint density at radius 2 is 1.70 bits per heavy atom. The van der Waals surface area contributed by atoms with Crippen LogP contribution in [0.2, 0.25) is 0 Å². The fraction of sp³-hybridized carbons (Fsp3) is 0.415. The highest BCUT2D eigenvalue weighted by Crippen LogP contribution is 2.30. The van der Waals surface area contributed by atoms with Gasteiger partial charge in [0, 0.05) is 42.7 Å². The summed E-state index contributed by atoms with van der Waals surface area (Å²) in [7, 11) is 0. The predicted molar refractivity (Wildman–Crippen MR) is 206 cm³/mol. The number of benzene rings is 3. The van der Waals surface area contributed by atoms with Gasteiger partial charge in [0.2, 0.25) is 17.7 Å². The van der Waals surface area contributed by atoms with Crippen molar-refractivity contribution in [2.24, 2.45) is 11.8 Å². The maximum absolute atomic E-state index is 14.7. The van der Waals surface area contributed by atoms with Gasteiger partial charge in [-0.15, -0.1) is 0 Å². The molecule has 6 rings (SSSR count). The third-order valence-electron chi connectivity index (χ3n) is 10.1. The number of fused-ring (bicyclic) bond motifs is 1. The SMILES string of the molecule is Cc1cc(C(=O)NC2CCNC2=O)ccc1-c1ccc(C[C@H](NC(=O)C2CCC(CNC(=O)OC(C)(C)C)CC2)C(=O)Nc2cc(F)c3oc(=O)[nH]c3c2)cc1. The summed E-state index contributed by atoms with van der Waals surface area (Å²) >= 11 is 0. The van der Waals surface area contributed by atoms with Crippen molar-refractivity contribution >= 4 is 46.5 Å². The first-order chi connectivity index (χ1) is 26.6. The molecule has 4 aromatic rings. The third kappa shape index (κ3) is 10.00. The van der Waals surface area contributed by atoms with Gasteiger partial charge in [-0.05, 0) is 106 Å². The average molecular weight is 771 g/mol. The lowest BCUT2D eigenvalue weighted by Gasteiger charge is -2.29. The van der Waals surface area contributed by atoms with Crippen molar-refractivity contribution in [1.29, 1.82) is 0 Å². The van der Waals surface area contributed by atoms with Crippen LogP contribution in [-0.2, 0) is 25.5 Å². The highest BCUT2D eigenvalue weighted by molar-refractivity contribution is 5.99. The third-order valence-corrected chi connectivity index (χ3v) is 10.1. The van der Waals surface area contributed by atoms with Crippen LogP contribution in [0, 0.1) is 24.6 Å². The first-order valence-electron chi connectivity index (χ1n) is 18.8. The molecule has 2 aliphatic rings. The van der Waals surface area contributed by atoms with Crippen LogP contribution in [0.15, 0.2) is 63.8 Å². The Morgan fingerprint density at radius 1 is 0.964 bits per heavy atom. The molecule has 1 aliphatic heterocycles. The van der Waals surface area contributed by atoms with E-state index in [4.69, 9.17) is 9.15 Å². The molecule has 2 fully saturated rings. The van der Waals surface area contributed by atoms with Gasteiger partial charge >= 0.3 is 11.8 Å². The Hall–Kier alpha value is -5.99. The van der Waals surface area contributed by atoms with Crippen LogP contribution in [0.5, 0.6) is 0 Å². The molecule has 14 nitrogen and oxygen atoms in total. The van der Waals surface area contributed by atoms with E-state index in [1.807, 2.05) is 37.3 Å². The molecule has 1 saturated heterocycles. The van der Waals surface area contributed by atoms with Crippen LogP contribution in [-0.4, -0.2) is 65.5 Å². The van der Waals surface area contributed by atoms with Gasteiger partial charge in [0.05, 0.1) is 5.52 Å². The lowest BCUT2D eigenvalue weighted by atomic mass is 9.81. The fourth-order valence-electron chi connectivity index (χ4n) is 7.15. The molecule has 56 heavy (non-hydrogen) atoms. The van der Waals surface area contributed by atoms with Crippen LogP contribution >= 0.6 is 0 Å². The summed E-state index contributed by atoms with van der Waals surface area (Å²) in [4.78, 5) is 78.3. The van der Waals surface area contributed by atoms with E-state index < -0.39 is 41.3 Å². The van der Waals surface area contributed by atoms with E-state index in [9.17, 15) is 33.2 Å². The monoisotopic (exact) mass is 770 g/mol. The summed E-state index contributed by atoms with van der Waals surface area (Å²) in [6, 6.07) is 13.6. The molecule has 0 spiro atoms. The molecule has 5 amide bonds. The predicted octanol–water partition coefficient (Wildman–Crippen LogP) is 4.85. The minimum absolute atomic E-state index is 0.0729. The Labute approximate surface area is 322 Å². The number of hydrogen-bond acceptors (Lipinski definition) is 8. The van der Waals surface area contributed by atoms with Gasteiger partial charge in [-0.2, -0.15) is 0 Å². The summed E-state index contributed by atoms with van der Waals surface area (Å²) in [5.41, 5.74) is 3.08. The fourth-order valence-corrected chi connectivity index (χ4v) is 7.15. The topological polar surface area (TPSA) is 201 Å². The normalized spacial score (nSPS) is 18.8. The van der Waals surface area contributed by atoms with Crippen molar-refractivity contribution in [1.82, 2.24) is 26.3 Å². The van der Waals surface area contributed by atoms with E-state index >= 15 is 0 Å². The number of carbonyl (C=O) groups is 5. The highest BCUT2D eigenvalue weighted by Gasteiger charge is 2.31. The van der Waals surface area contributed by atoms with Gasteiger partial charge in [0.1, 0.15) is 17.7 Å². The lowest BCUT2D eigenvalue weighted by Crippen LogP contribution is -2.48. The molecule has 1 saturated carbocycles. The number of aromatic nitrogens is 1. The second kappa shape index (κ2) is 16.8. The molecule has 2 heterocycles. The van der Waals surface area contributed by atoms with E-state index in [0.717, 1.165) is 28.3 Å². The van der Waals surface area contributed by atoms with E-state index in [1.165, 1.54) is 6.07 Å². The van der Waals surface area contributed by atoms with E-state index in [-0.39, 0.29) is 52.8 Å². The number of aromatic amines is 1. The zero-order chi connectivity index (χ0) is 40.1. The van der Waals surface area contributed by atoms with Crippen LogP contribution in [0.3, 0.4) is 0 Å². The number of amides is 5. The second-order valence-corrected chi connectivity index (χ2v) is 15.5. The van der Waals surface area contributed by atoms with Crippen molar-refractivity contribution in [2.75, 3.05) is 18.4 Å². The van der Waals surface area contributed by atoms with Gasteiger partial charge in [0.15, 0.2) is 11.4 Å². The maximum Gasteiger partial charge on any atom is 0.417 e. The Balaban J connectivity index is 1.13. The molecule has 1 aromatic heterocycles. The van der Waals surface area contributed by atoms with Crippen molar-refractivity contribution < 1.29 is 37.5 Å². The maximum atomic E-state index is 14.7. The Morgan fingerprint density at radius 3 is 2.36 bits per heavy atom. The molecule has 1 unspecified atom stereocenters. The van der Waals surface area contributed by atoms with Crippen LogP contribution < -0.4 is 32.3 Å². The molecule has 0 bridgehead atoms. The minimum Gasteiger partial charge on any atom is -0.444 e. The van der Waals surface area contributed by atoms with Crippen LogP contribution in [0.4, 0.5) is 14.9 Å². The number of alkyl carbamates (subject to hydrolysis) is 1. The average Bonchev–Trinajstić information content (AvgIpc) is 3.73. The molecule has 15 heteroatoms. The number of ether oxygens (including phenoxy) is 1. The molecule has 296 valence electrons. The largest absolute Gasteiger partial charge is 0.444 e. The first kappa shape index (κ1) is 39.7. The van der Waals surface area contributed by atoms with Crippen molar-refractivity contribution in [2.45, 2.75) is 83.9 Å². The number of rotatable bonds is 11. The summed E-state index contributed by atoms with van der Waals surface area (Å²) < 4.78 is 24.9. The Kier molecular flexibility index (Phi) is 11.9. The van der Waals surface area contributed by atoms with Crippen molar-refractivity contribution in [3.63, 3.8) is 0 Å². The number of halogens is 1. The summed E-state index contributed by atoms with van der Waals surface area (Å²) in [5.74, 6) is -3.22.